The molecule has 0 bridgehead atoms. The molecule has 3 nitrogen and oxygen atoms in total. The molecule has 9 aromatic rings. The predicted octanol–water partition coefficient (Wildman–Crippen LogP) is 12.6. The third-order valence-electron chi connectivity index (χ3n) is 9.06. The zero-order valence-electron chi connectivity index (χ0n) is 26.1. The van der Waals surface area contributed by atoms with Crippen LogP contribution in [0.15, 0.2) is 186 Å². The molecule has 0 aliphatic carbocycles. The van der Waals surface area contributed by atoms with Crippen molar-refractivity contribution >= 4 is 49.7 Å². The Bertz CT molecular complexity index is 2520. The Kier molecular flexibility index (Phi) is 6.80. The molecule has 8 aromatic carbocycles. The number of benzene rings is 8. The van der Waals surface area contributed by atoms with Gasteiger partial charge in [-0.1, -0.05) is 121 Å². The van der Waals surface area contributed by atoms with E-state index in [0.29, 0.717) is 5.89 Å². The molecule has 48 heavy (non-hydrogen) atoms. The summed E-state index contributed by atoms with van der Waals surface area (Å²) >= 11 is 0. The molecule has 0 aliphatic heterocycles. The van der Waals surface area contributed by atoms with E-state index < -0.39 is 0 Å². The van der Waals surface area contributed by atoms with E-state index in [1.54, 1.807) is 0 Å². The maximum Gasteiger partial charge on any atom is 0.227 e. The van der Waals surface area contributed by atoms with E-state index in [-0.39, 0.29) is 0 Å². The van der Waals surface area contributed by atoms with Crippen LogP contribution in [0.25, 0.3) is 66.4 Å². The van der Waals surface area contributed by atoms with Crippen LogP contribution in [0.4, 0.5) is 17.1 Å². The summed E-state index contributed by atoms with van der Waals surface area (Å²) in [6, 6.07) is 64.0. The van der Waals surface area contributed by atoms with Gasteiger partial charge in [-0.2, -0.15) is 0 Å². The number of para-hydroxylation sites is 1. The van der Waals surface area contributed by atoms with Gasteiger partial charge in [-0.3, -0.25) is 0 Å². The summed E-state index contributed by atoms with van der Waals surface area (Å²) in [6.07, 6.45) is 0. The highest BCUT2D eigenvalue weighted by Gasteiger charge is 2.19. The van der Waals surface area contributed by atoms with Gasteiger partial charge in [0.1, 0.15) is 5.52 Å². The number of nitrogens with zero attached hydrogens (tertiary/aromatic N) is 2. The molecule has 0 spiro atoms. The minimum absolute atomic E-state index is 0.624. The van der Waals surface area contributed by atoms with E-state index >= 15 is 0 Å². The normalized spacial score (nSPS) is 11.3. The summed E-state index contributed by atoms with van der Waals surface area (Å²) in [6.45, 7) is 0. The lowest BCUT2D eigenvalue weighted by atomic mass is 9.92. The summed E-state index contributed by atoms with van der Waals surface area (Å²) in [5, 5.41) is 4.45. The van der Waals surface area contributed by atoms with Crippen LogP contribution in [0.5, 0.6) is 0 Å². The Labute approximate surface area is 279 Å². The van der Waals surface area contributed by atoms with Gasteiger partial charge in [0, 0.05) is 28.0 Å². The van der Waals surface area contributed by atoms with Crippen LogP contribution in [-0.2, 0) is 0 Å². The molecule has 0 saturated heterocycles. The molecule has 9 rings (SSSR count). The number of aromatic nitrogens is 1. The smallest absolute Gasteiger partial charge is 0.227 e. The van der Waals surface area contributed by atoms with Crippen molar-refractivity contribution in [3.05, 3.63) is 182 Å². The molecular formula is C45H30N2O. The summed E-state index contributed by atoms with van der Waals surface area (Å²) in [4.78, 5) is 7.25. The van der Waals surface area contributed by atoms with Gasteiger partial charge < -0.3 is 9.32 Å². The molecule has 1 heterocycles. The van der Waals surface area contributed by atoms with Crippen LogP contribution >= 0.6 is 0 Å². The highest BCUT2D eigenvalue weighted by molar-refractivity contribution is 6.22. The number of hydrogen-bond acceptors (Lipinski definition) is 3. The van der Waals surface area contributed by atoms with Crippen LogP contribution in [0.2, 0.25) is 0 Å². The number of hydrogen-bond donors (Lipinski definition) is 0. The van der Waals surface area contributed by atoms with Crippen LogP contribution in [-0.4, -0.2) is 4.98 Å². The van der Waals surface area contributed by atoms with Gasteiger partial charge in [-0.25, -0.2) is 4.98 Å². The molecule has 3 heteroatoms. The summed E-state index contributed by atoms with van der Waals surface area (Å²) in [5.74, 6) is 0.624. The maximum absolute atomic E-state index is 6.62. The molecule has 0 saturated carbocycles. The molecule has 0 aliphatic rings. The van der Waals surface area contributed by atoms with Crippen LogP contribution in [0.3, 0.4) is 0 Å². The fourth-order valence-electron chi connectivity index (χ4n) is 6.77. The SMILES string of the molecule is c1ccc(-c2ccc(N(c3ccccc3)c3ccc4c(-c5ccccc5)cc5ccc6nc(-c7ccccc7)oc6c5c4c3)cc2)cc1. The van der Waals surface area contributed by atoms with Gasteiger partial charge in [0.05, 0.1) is 0 Å². The Morgan fingerprint density at radius 1 is 0.417 bits per heavy atom. The largest absolute Gasteiger partial charge is 0.435 e. The van der Waals surface area contributed by atoms with Crippen molar-refractivity contribution in [3.63, 3.8) is 0 Å². The lowest BCUT2D eigenvalue weighted by Gasteiger charge is -2.26. The number of anilines is 3. The second kappa shape index (κ2) is 11.7. The topological polar surface area (TPSA) is 29.3 Å². The van der Waals surface area contributed by atoms with E-state index in [1.807, 2.05) is 30.3 Å². The molecule has 0 radical (unpaired) electrons. The molecule has 226 valence electrons. The van der Waals surface area contributed by atoms with Gasteiger partial charge in [0.15, 0.2) is 5.58 Å². The lowest BCUT2D eigenvalue weighted by Crippen LogP contribution is -2.09. The first-order valence-electron chi connectivity index (χ1n) is 16.2. The quantitative estimate of drug-likeness (QED) is 0.175. The number of fused-ring (bicyclic) bond motifs is 5. The van der Waals surface area contributed by atoms with E-state index in [1.165, 1.54) is 22.3 Å². The zero-order chi connectivity index (χ0) is 31.9. The molecular weight excluding hydrogens is 585 g/mol. The molecule has 0 unspecified atom stereocenters. The maximum atomic E-state index is 6.62. The molecule has 0 amide bonds. The Balaban J connectivity index is 1.29. The van der Waals surface area contributed by atoms with E-state index in [0.717, 1.165) is 55.3 Å². The Hall–Kier alpha value is -6.45. The minimum atomic E-state index is 0.624. The fourth-order valence-corrected chi connectivity index (χ4v) is 6.77. The Morgan fingerprint density at radius 2 is 0.979 bits per heavy atom. The monoisotopic (exact) mass is 614 g/mol. The summed E-state index contributed by atoms with van der Waals surface area (Å²) in [5.41, 5.74) is 10.6. The summed E-state index contributed by atoms with van der Waals surface area (Å²) in [7, 11) is 0. The van der Waals surface area contributed by atoms with E-state index in [9.17, 15) is 0 Å². The highest BCUT2D eigenvalue weighted by atomic mass is 16.3. The van der Waals surface area contributed by atoms with Crippen LogP contribution in [0.1, 0.15) is 0 Å². The third kappa shape index (κ3) is 4.90. The minimum Gasteiger partial charge on any atom is -0.435 e. The fraction of sp³-hybridized carbons (Fsp3) is 0. The Morgan fingerprint density at radius 3 is 1.67 bits per heavy atom. The van der Waals surface area contributed by atoms with Crippen molar-refractivity contribution in [2.45, 2.75) is 0 Å². The van der Waals surface area contributed by atoms with Crippen LogP contribution in [0, 0.1) is 0 Å². The molecule has 0 atom stereocenters. The van der Waals surface area contributed by atoms with Gasteiger partial charge >= 0.3 is 0 Å². The van der Waals surface area contributed by atoms with Crippen molar-refractivity contribution < 1.29 is 4.42 Å². The van der Waals surface area contributed by atoms with Gasteiger partial charge in [-0.05, 0) is 99.1 Å². The highest BCUT2D eigenvalue weighted by Crippen LogP contribution is 2.43. The molecule has 0 fully saturated rings. The molecule has 1 aromatic heterocycles. The predicted molar refractivity (Wildman–Crippen MR) is 200 cm³/mol. The average molecular weight is 615 g/mol. The van der Waals surface area contributed by atoms with Gasteiger partial charge in [0.2, 0.25) is 5.89 Å². The second-order valence-corrected chi connectivity index (χ2v) is 12.0. The first-order valence-corrected chi connectivity index (χ1v) is 16.2. The van der Waals surface area contributed by atoms with Crippen molar-refractivity contribution in [2.24, 2.45) is 0 Å². The van der Waals surface area contributed by atoms with Crippen molar-refractivity contribution in [3.8, 4) is 33.7 Å². The third-order valence-corrected chi connectivity index (χ3v) is 9.06. The van der Waals surface area contributed by atoms with E-state index in [4.69, 9.17) is 9.40 Å². The van der Waals surface area contributed by atoms with Crippen LogP contribution < -0.4 is 4.90 Å². The first kappa shape index (κ1) is 27.8. The van der Waals surface area contributed by atoms with Gasteiger partial charge in [0.25, 0.3) is 0 Å². The lowest BCUT2D eigenvalue weighted by molar-refractivity contribution is 0.623. The number of rotatable bonds is 6. The molecule has 0 N–H and O–H groups in total. The zero-order valence-corrected chi connectivity index (χ0v) is 26.1. The standard InChI is InChI=1S/C45H30N2O/c1-5-13-31(14-6-1)32-21-24-37(25-22-32)47(36-19-11-4-12-20-36)38-26-27-39-40(33-15-7-2-8-16-33)29-35-23-28-42-44(43(35)41(39)30-38)48-45(46-42)34-17-9-3-10-18-34/h1-30H. The van der Waals surface area contributed by atoms with Gasteiger partial charge in [-0.15, -0.1) is 0 Å². The second-order valence-electron chi connectivity index (χ2n) is 12.0. The number of oxazole rings is 1. The van der Waals surface area contributed by atoms with Crippen molar-refractivity contribution in [1.82, 2.24) is 4.98 Å². The van der Waals surface area contributed by atoms with E-state index in [2.05, 4.69) is 157 Å². The average Bonchev–Trinajstić information content (AvgIpc) is 3.61. The van der Waals surface area contributed by atoms with Crippen molar-refractivity contribution in [1.29, 1.82) is 0 Å². The summed E-state index contributed by atoms with van der Waals surface area (Å²) < 4.78 is 6.62. The first-order chi connectivity index (χ1) is 23.8. The van der Waals surface area contributed by atoms with Crippen molar-refractivity contribution in [2.75, 3.05) is 4.90 Å².